The third-order valence-electron chi connectivity index (χ3n) is 2.95. The predicted octanol–water partition coefficient (Wildman–Crippen LogP) is 4.68. The van der Waals surface area contributed by atoms with Crippen molar-refractivity contribution in [2.24, 2.45) is 0 Å². The molecule has 24 heavy (non-hydrogen) atoms. The number of carbonyl (C=O) groups is 1. The second-order valence-electron chi connectivity index (χ2n) is 4.80. The van der Waals surface area contributed by atoms with Crippen molar-refractivity contribution in [1.82, 2.24) is 0 Å². The Morgan fingerprint density at radius 1 is 0.875 bits per heavy atom. The fourth-order valence-electron chi connectivity index (χ4n) is 1.87. The van der Waals surface area contributed by atoms with Crippen molar-refractivity contribution in [3.8, 4) is 5.75 Å². The van der Waals surface area contributed by atoms with Crippen LogP contribution in [0.5, 0.6) is 5.75 Å². The molecular formula is C15H9F6NO2. The van der Waals surface area contributed by atoms with Gasteiger partial charge in [-0.2, -0.15) is 26.3 Å². The van der Waals surface area contributed by atoms with Gasteiger partial charge in [-0.25, -0.2) is 0 Å². The van der Waals surface area contributed by atoms with Gasteiger partial charge in [0.25, 0.3) is 5.91 Å². The van der Waals surface area contributed by atoms with Crippen LogP contribution in [0.4, 0.5) is 32.0 Å². The molecule has 3 nitrogen and oxygen atoms in total. The summed E-state index contributed by atoms with van der Waals surface area (Å²) in [5.41, 5.74) is -3.96. The number of anilines is 1. The van der Waals surface area contributed by atoms with Crippen molar-refractivity contribution in [1.29, 1.82) is 0 Å². The zero-order chi connectivity index (χ0) is 18.1. The summed E-state index contributed by atoms with van der Waals surface area (Å²) >= 11 is 0. The second-order valence-corrected chi connectivity index (χ2v) is 4.80. The molecule has 0 aliphatic carbocycles. The maximum Gasteiger partial charge on any atom is 0.416 e. The minimum atomic E-state index is -5.04. The third kappa shape index (κ3) is 4.18. The molecular weight excluding hydrogens is 340 g/mol. The van der Waals surface area contributed by atoms with Crippen LogP contribution in [-0.4, -0.2) is 11.0 Å². The van der Waals surface area contributed by atoms with Gasteiger partial charge in [-0.3, -0.25) is 4.79 Å². The number of hydrogen-bond acceptors (Lipinski definition) is 2. The predicted molar refractivity (Wildman–Crippen MR) is 72.5 cm³/mol. The molecule has 0 aliphatic heterocycles. The first-order chi connectivity index (χ1) is 11.0. The lowest BCUT2D eigenvalue weighted by Gasteiger charge is -2.14. The van der Waals surface area contributed by atoms with E-state index in [1.54, 1.807) is 0 Å². The Bertz CT molecular complexity index is 735. The highest BCUT2D eigenvalue weighted by atomic mass is 19.4. The van der Waals surface area contributed by atoms with Crippen LogP contribution >= 0.6 is 0 Å². The first-order valence-corrected chi connectivity index (χ1v) is 6.37. The summed E-state index contributed by atoms with van der Waals surface area (Å²) in [5, 5.41) is 11.4. The summed E-state index contributed by atoms with van der Waals surface area (Å²) in [6, 6.07) is 5.62. The number of phenolic OH excluding ortho intramolecular Hbond substituents is 1. The van der Waals surface area contributed by atoms with Crippen molar-refractivity contribution < 1.29 is 36.2 Å². The molecule has 0 saturated carbocycles. The molecule has 0 fully saturated rings. The van der Waals surface area contributed by atoms with Crippen LogP contribution in [0.3, 0.4) is 0 Å². The van der Waals surface area contributed by atoms with Gasteiger partial charge in [-0.05, 0) is 30.3 Å². The quantitative estimate of drug-likeness (QED) is 0.774. The molecule has 0 aromatic heterocycles. The smallest absolute Gasteiger partial charge is 0.416 e. The van der Waals surface area contributed by atoms with E-state index in [0.29, 0.717) is 12.1 Å². The van der Waals surface area contributed by atoms with Gasteiger partial charge in [0, 0.05) is 17.3 Å². The maximum atomic E-state index is 12.7. The maximum absolute atomic E-state index is 12.7. The van der Waals surface area contributed by atoms with Crippen LogP contribution in [0.25, 0.3) is 0 Å². The summed E-state index contributed by atoms with van der Waals surface area (Å²) in [4.78, 5) is 12.0. The molecule has 2 N–H and O–H groups in total. The molecule has 0 heterocycles. The average Bonchev–Trinajstić information content (AvgIpc) is 2.45. The van der Waals surface area contributed by atoms with E-state index in [9.17, 15) is 36.2 Å². The summed E-state index contributed by atoms with van der Waals surface area (Å²) in [5.74, 6) is -1.40. The minimum Gasteiger partial charge on any atom is -0.508 e. The topological polar surface area (TPSA) is 49.3 Å². The van der Waals surface area contributed by atoms with Crippen molar-refractivity contribution in [2.45, 2.75) is 12.4 Å². The van der Waals surface area contributed by atoms with Crippen LogP contribution in [0.2, 0.25) is 0 Å². The van der Waals surface area contributed by atoms with Crippen LogP contribution < -0.4 is 5.32 Å². The van der Waals surface area contributed by atoms with Gasteiger partial charge in [0.15, 0.2) is 0 Å². The highest BCUT2D eigenvalue weighted by Crippen LogP contribution is 2.36. The standard InChI is InChI=1S/C15H9F6NO2/c16-14(17,18)9-4-8(5-10(6-9)15(19,20)21)13(24)22-11-2-1-3-12(23)7-11/h1-7,23H,(H,22,24). The molecule has 9 heteroatoms. The summed E-state index contributed by atoms with van der Waals surface area (Å²) in [6.45, 7) is 0. The molecule has 0 unspecified atom stereocenters. The Balaban J connectivity index is 2.43. The van der Waals surface area contributed by atoms with E-state index in [4.69, 9.17) is 0 Å². The number of rotatable bonds is 2. The third-order valence-corrected chi connectivity index (χ3v) is 2.95. The van der Waals surface area contributed by atoms with Crippen molar-refractivity contribution in [3.63, 3.8) is 0 Å². The lowest BCUT2D eigenvalue weighted by molar-refractivity contribution is -0.143. The highest BCUT2D eigenvalue weighted by Gasteiger charge is 2.37. The summed E-state index contributed by atoms with van der Waals surface area (Å²) in [7, 11) is 0. The van der Waals surface area contributed by atoms with Crippen molar-refractivity contribution in [3.05, 3.63) is 59.2 Å². The Morgan fingerprint density at radius 3 is 1.88 bits per heavy atom. The van der Waals surface area contributed by atoms with E-state index < -0.39 is 35.0 Å². The first kappa shape index (κ1) is 17.6. The second kappa shape index (κ2) is 6.06. The molecule has 0 aliphatic rings. The van der Waals surface area contributed by atoms with E-state index in [1.807, 2.05) is 0 Å². The molecule has 1 amide bonds. The molecule has 0 spiro atoms. The summed E-state index contributed by atoms with van der Waals surface area (Å²) < 4.78 is 76.5. The van der Waals surface area contributed by atoms with Gasteiger partial charge in [0.2, 0.25) is 0 Å². The lowest BCUT2D eigenvalue weighted by atomic mass is 10.0. The minimum absolute atomic E-state index is 0.0194. The van der Waals surface area contributed by atoms with Crippen LogP contribution in [0, 0.1) is 0 Å². The number of phenols is 1. The summed E-state index contributed by atoms with van der Waals surface area (Å²) in [6.07, 6.45) is -10.1. The Labute approximate surface area is 131 Å². The normalized spacial score (nSPS) is 12.1. The Hall–Kier alpha value is -2.71. The number of carbonyl (C=O) groups excluding carboxylic acids is 1. The van der Waals surface area contributed by atoms with Gasteiger partial charge in [-0.15, -0.1) is 0 Å². The fraction of sp³-hybridized carbons (Fsp3) is 0.133. The van der Waals surface area contributed by atoms with Gasteiger partial charge in [-0.1, -0.05) is 6.07 Å². The Kier molecular flexibility index (Phi) is 4.46. The average molecular weight is 349 g/mol. The SMILES string of the molecule is O=C(Nc1cccc(O)c1)c1cc(C(F)(F)F)cc(C(F)(F)F)c1. The lowest BCUT2D eigenvalue weighted by Crippen LogP contribution is -2.17. The first-order valence-electron chi connectivity index (χ1n) is 6.37. The Morgan fingerprint density at radius 2 is 1.42 bits per heavy atom. The molecule has 0 atom stereocenters. The monoisotopic (exact) mass is 349 g/mol. The van der Waals surface area contributed by atoms with Crippen LogP contribution in [0.15, 0.2) is 42.5 Å². The molecule has 128 valence electrons. The fourth-order valence-corrected chi connectivity index (χ4v) is 1.87. The molecule has 0 radical (unpaired) electrons. The molecule has 2 aromatic carbocycles. The zero-order valence-electron chi connectivity index (χ0n) is 11.7. The van der Waals surface area contributed by atoms with Crippen LogP contribution in [-0.2, 0) is 12.4 Å². The highest BCUT2D eigenvalue weighted by molar-refractivity contribution is 6.04. The number of hydrogen-bond donors (Lipinski definition) is 2. The number of halogens is 6. The van der Waals surface area contributed by atoms with E-state index >= 15 is 0 Å². The number of aromatic hydroxyl groups is 1. The number of amides is 1. The van der Waals surface area contributed by atoms with Gasteiger partial charge in [0.1, 0.15) is 5.75 Å². The van der Waals surface area contributed by atoms with Gasteiger partial charge in [0.05, 0.1) is 11.1 Å². The van der Waals surface area contributed by atoms with E-state index in [-0.39, 0.29) is 17.5 Å². The van der Waals surface area contributed by atoms with Gasteiger partial charge < -0.3 is 10.4 Å². The van der Waals surface area contributed by atoms with E-state index in [2.05, 4.69) is 5.32 Å². The molecule has 2 rings (SSSR count). The number of alkyl halides is 6. The van der Waals surface area contributed by atoms with E-state index in [0.717, 1.165) is 6.07 Å². The van der Waals surface area contributed by atoms with Gasteiger partial charge >= 0.3 is 12.4 Å². The van der Waals surface area contributed by atoms with Crippen molar-refractivity contribution in [2.75, 3.05) is 5.32 Å². The molecule has 0 saturated heterocycles. The molecule has 2 aromatic rings. The van der Waals surface area contributed by atoms with Crippen molar-refractivity contribution >= 4 is 11.6 Å². The zero-order valence-corrected chi connectivity index (χ0v) is 11.7. The largest absolute Gasteiger partial charge is 0.508 e. The molecule has 0 bridgehead atoms. The van der Waals surface area contributed by atoms with Crippen LogP contribution in [0.1, 0.15) is 21.5 Å². The number of benzene rings is 2. The van der Waals surface area contributed by atoms with E-state index in [1.165, 1.54) is 18.2 Å². The number of nitrogens with one attached hydrogen (secondary N) is 1.